The highest BCUT2D eigenvalue weighted by atomic mass is 16.5. The Hall–Kier alpha value is -0.860. The molecular weight excluding hydrogens is 176 g/mol. The van der Waals surface area contributed by atoms with E-state index in [9.17, 15) is 10.2 Å². The molecule has 1 rings (SSSR count). The third-order valence-electron chi connectivity index (χ3n) is 1.73. The number of hydrogen-bond donors (Lipinski definition) is 2. The third kappa shape index (κ3) is 4.40. The minimum absolute atomic E-state index is 0.303. The van der Waals surface area contributed by atoms with Crippen LogP contribution in [0.3, 0.4) is 0 Å². The van der Waals surface area contributed by atoms with Crippen LogP contribution in [0.4, 0.5) is 0 Å². The normalized spacial score (nSPS) is 10.4. The molecule has 0 saturated heterocycles. The Morgan fingerprint density at radius 3 is 1.79 bits per heavy atom. The zero-order valence-electron chi connectivity index (χ0n) is 9.20. The van der Waals surface area contributed by atoms with Gasteiger partial charge in [0.1, 0.15) is 0 Å². The molecule has 14 heavy (non-hydrogen) atoms. The van der Waals surface area contributed by atoms with E-state index in [4.69, 9.17) is 0 Å². The molecular formula is C12H20O2. The van der Waals surface area contributed by atoms with E-state index in [0.717, 1.165) is 0 Å². The summed E-state index contributed by atoms with van der Waals surface area (Å²) >= 11 is 0. The van der Waals surface area contributed by atoms with Crippen LogP contribution in [0.2, 0.25) is 0 Å². The van der Waals surface area contributed by atoms with E-state index in [1.807, 2.05) is 6.07 Å². The van der Waals surface area contributed by atoms with E-state index >= 15 is 0 Å². The second kappa shape index (κ2) is 6.57. The lowest BCUT2D eigenvalue weighted by molar-refractivity contribution is -0.171. The minimum Gasteiger partial charge on any atom is -0.362 e. The molecule has 2 nitrogen and oxygen atoms in total. The third-order valence-corrected chi connectivity index (χ3v) is 1.73. The van der Waals surface area contributed by atoms with Crippen molar-refractivity contribution in [1.82, 2.24) is 0 Å². The maximum atomic E-state index is 9.35. The highest BCUT2D eigenvalue weighted by Crippen LogP contribution is 2.20. The number of benzene rings is 1. The maximum Gasteiger partial charge on any atom is 0.189 e. The molecule has 0 unspecified atom stereocenters. The summed E-state index contributed by atoms with van der Waals surface area (Å²) in [5.74, 6) is -1.67. The summed E-state index contributed by atoms with van der Waals surface area (Å²) in [6.45, 7) is 5.98. The molecule has 0 amide bonds. The maximum absolute atomic E-state index is 9.35. The van der Waals surface area contributed by atoms with Gasteiger partial charge in [-0.05, 0) is 0 Å². The lowest BCUT2D eigenvalue weighted by Gasteiger charge is -2.19. The summed E-state index contributed by atoms with van der Waals surface area (Å²) in [5.41, 5.74) is 0.544. The monoisotopic (exact) mass is 196 g/mol. The van der Waals surface area contributed by atoms with E-state index in [-0.39, 0.29) is 0 Å². The second-order valence-electron chi connectivity index (χ2n) is 3.24. The smallest absolute Gasteiger partial charge is 0.189 e. The molecule has 1 aromatic rings. The molecule has 0 aliphatic heterocycles. The summed E-state index contributed by atoms with van der Waals surface area (Å²) < 4.78 is 0. The van der Waals surface area contributed by atoms with Crippen LogP contribution < -0.4 is 0 Å². The Morgan fingerprint density at radius 1 is 1.00 bits per heavy atom. The summed E-state index contributed by atoms with van der Waals surface area (Å²) in [4.78, 5) is 0. The molecule has 80 valence electrons. The Labute approximate surface area is 86.2 Å². The van der Waals surface area contributed by atoms with Gasteiger partial charge in [0.15, 0.2) is 5.79 Å². The average Bonchev–Trinajstić information content (AvgIpc) is 2.20. The van der Waals surface area contributed by atoms with Crippen LogP contribution in [0.25, 0.3) is 0 Å². The van der Waals surface area contributed by atoms with E-state index in [1.165, 1.54) is 6.42 Å². The summed E-state index contributed by atoms with van der Waals surface area (Å²) in [7, 11) is 0. The predicted molar refractivity (Wildman–Crippen MR) is 58.8 cm³/mol. The van der Waals surface area contributed by atoms with E-state index in [1.54, 1.807) is 31.2 Å². The van der Waals surface area contributed by atoms with Crippen LogP contribution in [0.1, 0.15) is 39.2 Å². The van der Waals surface area contributed by atoms with Gasteiger partial charge in [-0.15, -0.1) is 0 Å². The first-order valence-corrected chi connectivity index (χ1v) is 5.08. The van der Waals surface area contributed by atoms with Crippen LogP contribution in [-0.4, -0.2) is 10.2 Å². The number of aliphatic hydroxyl groups is 2. The highest BCUT2D eigenvalue weighted by Gasteiger charge is 2.21. The molecule has 0 heterocycles. The lowest BCUT2D eigenvalue weighted by atomic mass is 10.0. The Morgan fingerprint density at radius 2 is 1.43 bits per heavy atom. The molecule has 2 heteroatoms. The fraction of sp³-hybridized carbons (Fsp3) is 0.500. The van der Waals surface area contributed by atoms with Crippen LogP contribution in [-0.2, 0) is 5.79 Å². The van der Waals surface area contributed by atoms with Crippen molar-refractivity contribution in [2.75, 3.05) is 0 Å². The first-order valence-electron chi connectivity index (χ1n) is 5.08. The van der Waals surface area contributed by atoms with Crippen molar-refractivity contribution in [3.05, 3.63) is 35.9 Å². The highest BCUT2D eigenvalue weighted by molar-refractivity contribution is 5.19. The fourth-order valence-electron chi connectivity index (χ4n) is 0.909. The Kier molecular flexibility index (Phi) is 6.17. The molecule has 0 spiro atoms. The molecule has 0 fully saturated rings. The van der Waals surface area contributed by atoms with Crippen molar-refractivity contribution in [1.29, 1.82) is 0 Å². The van der Waals surface area contributed by atoms with Crippen LogP contribution >= 0.6 is 0 Å². The molecule has 0 aliphatic carbocycles. The van der Waals surface area contributed by atoms with Crippen LogP contribution in [0.15, 0.2) is 30.3 Å². The summed E-state index contributed by atoms with van der Waals surface area (Å²) in [6, 6.07) is 8.81. The van der Waals surface area contributed by atoms with Gasteiger partial charge in [-0.1, -0.05) is 57.5 Å². The van der Waals surface area contributed by atoms with Gasteiger partial charge in [0, 0.05) is 12.0 Å². The largest absolute Gasteiger partial charge is 0.362 e. The topological polar surface area (TPSA) is 40.5 Å². The zero-order valence-corrected chi connectivity index (χ0v) is 9.20. The van der Waals surface area contributed by atoms with Crippen molar-refractivity contribution >= 4 is 0 Å². The number of rotatable bonds is 2. The lowest BCUT2D eigenvalue weighted by Crippen LogP contribution is -2.23. The molecule has 0 aromatic heterocycles. The van der Waals surface area contributed by atoms with Gasteiger partial charge in [-0.2, -0.15) is 0 Å². The van der Waals surface area contributed by atoms with Gasteiger partial charge >= 0.3 is 0 Å². The molecule has 0 saturated carbocycles. The van der Waals surface area contributed by atoms with Gasteiger partial charge < -0.3 is 10.2 Å². The van der Waals surface area contributed by atoms with Crippen molar-refractivity contribution in [2.45, 2.75) is 39.4 Å². The molecule has 0 aliphatic rings. The van der Waals surface area contributed by atoms with E-state index < -0.39 is 5.79 Å². The summed E-state index contributed by atoms with van der Waals surface area (Å²) in [6.07, 6.45) is 1.55. The SMILES string of the molecule is CCC.CCC(O)(O)c1ccccc1. The van der Waals surface area contributed by atoms with Crippen LogP contribution in [0, 0.1) is 0 Å². The first kappa shape index (κ1) is 13.1. The Balaban J connectivity index is 0.000000500. The predicted octanol–water partition coefficient (Wildman–Crippen LogP) is 2.65. The van der Waals surface area contributed by atoms with E-state index in [2.05, 4.69) is 13.8 Å². The van der Waals surface area contributed by atoms with Gasteiger partial charge in [0.25, 0.3) is 0 Å². The average molecular weight is 196 g/mol. The van der Waals surface area contributed by atoms with Gasteiger partial charge in [0.2, 0.25) is 0 Å². The molecule has 1 aromatic carbocycles. The molecule has 0 bridgehead atoms. The van der Waals surface area contributed by atoms with Gasteiger partial charge in [-0.25, -0.2) is 0 Å². The van der Waals surface area contributed by atoms with Crippen molar-refractivity contribution in [3.63, 3.8) is 0 Å². The zero-order chi connectivity index (χ0) is 11.0. The van der Waals surface area contributed by atoms with E-state index in [0.29, 0.717) is 12.0 Å². The minimum atomic E-state index is -1.67. The summed E-state index contributed by atoms with van der Waals surface area (Å²) in [5, 5.41) is 18.7. The Bertz CT molecular complexity index is 229. The van der Waals surface area contributed by atoms with Crippen molar-refractivity contribution in [3.8, 4) is 0 Å². The quantitative estimate of drug-likeness (QED) is 0.714. The standard InChI is InChI=1S/C9H12O2.C3H8/c1-2-9(10,11)8-6-4-3-5-7-8;1-3-2/h3-7,10-11H,2H2,1H3;3H2,1-2H3. The van der Waals surface area contributed by atoms with Gasteiger partial charge in [-0.3, -0.25) is 0 Å². The van der Waals surface area contributed by atoms with Crippen molar-refractivity contribution in [2.24, 2.45) is 0 Å². The van der Waals surface area contributed by atoms with Crippen molar-refractivity contribution < 1.29 is 10.2 Å². The number of hydrogen-bond acceptors (Lipinski definition) is 2. The molecule has 0 radical (unpaired) electrons. The van der Waals surface area contributed by atoms with Gasteiger partial charge in [0.05, 0.1) is 0 Å². The fourth-order valence-corrected chi connectivity index (χ4v) is 0.909. The molecule has 0 atom stereocenters. The van der Waals surface area contributed by atoms with Crippen LogP contribution in [0.5, 0.6) is 0 Å². The first-order chi connectivity index (χ1) is 6.58. The molecule has 2 N–H and O–H groups in total. The second-order valence-corrected chi connectivity index (χ2v) is 3.24.